The van der Waals surface area contributed by atoms with Crippen LogP contribution in [-0.4, -0.2) is 7.11 Å². The van der Waals surface area contributed by atoms with Gasteiger partial charge in [0.15, 0.2) is 0 Å². The summed E-state index contributed by atoms with van der Waals surface area (Å²) in [7, 11) is 1.78. The van der Waals surface area contributed by atoms with Gasteiger partial charge in [-0.05, 0) is 13.3 Å². The lowest BCUT2D eigenvalue weighted by atomic mass is 10.0. The highest BCUT2D eigenvalue weighted by molar-refractivity contribution is 4.69. The Kier molecular flexibility index (Phi) is 18.0. The van der Waals surface area contributed by atoms with Crippen LogP contribution in [0.3, 0.4) is 0 Å². The van der Waals surface area contributed by atoms with Crippen LogP contribution in [0.1, 0.15) is 117 Å². The normalized spacial score (nSPS) is 11.4. The summed E-state index contributed by atoms with van der Waals surface area (Å²) in [6, 6.07) is 0. The molecule has 0 N–H and O–H groups in total. The fraction of sp³-hybridized carbons (Fsp3) is 0.950. The van der Waals surface area contributed by atoms with Gasteiger partial charge in [0.1, 0.15) is 0 Å². The molecule has 0 heterocycles. The van der Waals surface area contributed by atoms with Gasteiger partial charge in [0, 0.05) is 7.11 Å². The van der Waals surface area contributed by atoms with E-state index in [0.29, 0.717) is 0 Å². The monoisotopic (exact) mass is 297 g/mol. The van der Waals surface area contributed by atoms with Crippen LogP contribution >= 0.6 is 0 Å². The molecular weight excluding hydrogens is 256 g/mol. The van der Waals surface area contributed by atoms with Crippen LogP contribution in [0.5, 0.6) is 0 Å². The topological polar surface area (TPSA) is 9.23 Å². The Morgan fingerprint density at radius 3 is 1.24 bits per heavy atom. The molecule has 0 bridgehead atoms. The molecule has 0 aliphatic rings. The largest absolute Gasteiger partial charge is 0.376 e. The Balaban J connectivity index is 2.96. The van der Waals surface area contributed by atoms with E-state index in [1.165, 1.54) is 102 Å². The molecule has 0 saturated heterocycles. The number of hydrogen-bond acceptors (Lipinski definition) is 1. The first-order valence-corrected chi connectivity index (χ1v) is 9.67. The smallest absolute Gasteiger partial charge is 0.0936 e. The Hall–Kier alpha value is -0.0400. The van der Waals surface area contributed by atoms with Crippen molar-refractivity contribution in [3.8, 4) is 0 Å². The second-order valence-corrected chi connectivity index (χ2v) is 6.61. The van der Waals surface area contributed by atoms with Gasteiger partial charge >= 0.3 is 0 Å². The molecule has 0 aliphatic carbocycles. The summed E-state index contributed by atoms with van der Waals surface area (Å²) in [6.07, 6.45) is 23.8. The fourth-order valence-electron chi connectivity index (χ4n) is 2.85. The zero-order valence-corrected chi connectivity index (χ0v) is 15.2. The van der Waals surface area contributed by atoms with Gasteiger partial charge in [0.2, 0.25) is 0 Å². The lowest BCUT2D eigenvalue weighted by molar-refractivity contribution is 0.201. The Morgan fingerprint density at radius 1 is 0.571 bits per heavy atom. The predicted molar refractivity (Wildman–Crippen MR) is 95.5 cm³/mol. The summed E-state index contributed by atoms with van der Waals surface area (Å²) >= 11 is 0. The van der Waals surface area contributed by atoms with Crippen molar-refractivity contribution in [2.75, 3.05) is 7.11 Å². The van der Waals surface area contributed by atoms with Crippen LogP contribution in [0, 0.1) is 6.10 Å². The molecule has 1 nitrogen and oxygen atoms in total. The maximum absolute atomic E-state index is 5.19. The minimum absolute atomic E-state index is 1.15. The Bertz CT molecular complexity index is 179. The molecule has 0 rings (SSSR count). The number of rotatable bonds is 17. The average molecular weight is 298 g/mol. The lowest BCUT2D eigenvalue weighted by Gasteiger charge is -2.07. The van der Waals surface area contributed by atoms with Crippen molar-refractivity contribution < 1.29 is 4.74 Å². The standard InChI is InChI=1S/C20H41O/c1-4-5-6-7-8-9-10-11-12-13-14-15-16-17-18-19-20(2)21-3/h4-19H2,1-3H3. The zero-order chi connectivity index (χ0) is 15.6. The first kappa shape index (κ1) is 21.0. The van der Waals surface area contributed by atoms with Crippen LogP contribution < -0.4 is 0 Å². The third-order valence-corrected chi connectivity index (χ3v) is 4.48. The van der Waals surface area contributed by atoms with Gasteiger partial charge in [0.25, 0.3) is 0 Å². The summed E-state index contributed by atoms with van der Waals surface area (Å²) in [5.41, 5.74) is 0. The molecule has 0 aromatic heterocycles. The third-order valence-electron chi connectivity index (χ3n) is 4.48. The molecule has 0 aromatic carbocycles. The maximum Gasteiger partial charge on any atom is 0.0936 e. The molecule has 0 unspecified atom stereocenters. The minimum Gasteiger partial charge on any atom is -0.376 e. The van der Waals surface area contributed by atoms with Crippen molar-refractivity contribution in [3.05, 3.63) is 6.10 Å². The van der Waals surface area contributed by atoms with E-state index in [1.54, 1.807) is 7.11 Å². The van der Waals surface area contributed by atoms with Gasteiger partial charge in [-0.2, -0.15) is 0 Å². The van der Waals surface area contributed by atoms with Crippen molar-refractivity contribution >= 4 is 0 Å². The predicted octanol–water partition coefficient (Wildman–Crippen LogP) is 7.45. The molecular formula is C20H41O. The summed E-state index contributed by atoms with van der Waals surface area (Å²) in [6.45, 7) is 4.38. The molecule has 21 heavy (non-hydrogen) atoms. The van der Waals surface area contributed by atoms with Gasteiger partial charge in [-0.25, -0.2) is 0 Å². The lowest BCUT2D eigenvalue weighted by Crippen LogP contribution is -1.93. The molecule has 1 heteroatoms. The van der Waals surface area contributed by atoms with Crippen molar-refractivity contribution in [1.82, 2.24) is 0 Å². The summed E-state index contributed by atoms with van der Waals surface area (Å²) in [4.78, 5) is 0. The van der Waals surface area contributed by atoms with E-state index < -0.39 is 0 Å². The molecule has 0 saturated carbocycles. The molecule has 0 aliphatic heterocycles. The van der Waals surface area contributed by atoms with Crippen LogP contribution in [0.15, 0.2) is 0 Å². The molecule has 0 atom stereocenters. The number of hydrogen-bond donors (Lipinski definition) is 0. The fourth-order valence-corrected chi connectivity index (χ4v) is 2.85. The van der Waals surface area contributed by atoms with Crippen LogP contribution in [0.4, 0.5) is 0 Å². The van der Waals surface area contributed by atoms with Gasteiger partial charge in [-0.1, -0.05) is 103 Å². The van der Waals surface area contributed by atoms with Crippen LogP contribution in [0.25, 0.3) is 0 Å². The van der Waals surface area contributed by atoms with Crippen LogP contribution in [0.2, 0.25) is 0 Å². The van der Waals surface area contributed by atoms with Crippen LogP contribution in [-0.2, 0) is 4.74 Å². The second-order valence-electron chi connectivity index (χ2n) is 6.61. The van der Waals surface area contributed by atoms with Gasteiger partial charge in [-0.3, -0.25) is 0 Å². The van der Waals surface area contributed by atoms with E-state index in [9.17, 15) is 0 Å². The molecule has 127 valence electrons. The molecule has 0 aromatic rings. The Morgan fingerprint density at radius 2 is 0.905 bits per heavy atom. The van der Waals surface area contributed by atoms with Crippen molar-refractivity contribution in [2.45, 2.75) is 117 Å². The molecule has 0 fully saturated rings. The van der Waals surface area contributed by atoms with Crippen molar-refractivity contribution in [1.29, 1.82) is 0 Å². The average Bonchev–Trinajstić information content (AvgIpc) is 2.50. The number of unbranched alkanes of at least 4 members (excludes halogenated alkanes) is 14. The van der Waals surface area contributed by atoms with Gasteiger partial charge < -0.3 is 4.74 Å². The number of ether oxygens (including phenoxy) is 1. The summed E-state index contributed by atoms with van der Waals surface area (Å²) in [5.74, 6) is 0. The summed E-state index contributed by atoms with van der Waals surface area (Å²) in [5, 5.41) is 0. The SMILES string of the molecule is CCCCCCCCCCCCCCCCC[C](C)OC. The van der Waals surface area contributed by atoms with Crippen molar-refractivity contribution in [3.63, 3.8) is 0 Å². The van der Waals surface area contributed by atoms with E-state index in [2.05, 4.69) is 13.8 Å². The number of methoxy groups -OCH3 is 1. The molecule has 0 spiro atoms. The van der Waals surface area contributed by atoms with Crippen molar-refractivity contribution in [2.24, 2.45) is 0 Å². The maximum atomic E-state index is 5.19. The quantitative estimate of drug-likeness (QED) is 0.253. The molecule has 0 amide bonds. The Labute approximate surface area is 135 Å². The van der Waals surface area contributed by atoms with E-state index in [4.69, 9.17) is 4.74 Å². The van der Waals surface area contributed by atoms with Gasteiger partial charge in [-0.15, -0.1) is 0 Å². The minimum atomic E-state index is 1.15. The molecule has 1 radical (unpaired) electrons. The third kappa shape index (κ3) is 17.9. The highest BCUT2D eigenvalue weighted by atomic mass is 16.5. The van der Waals surface area contributed by atoms with E-state index in [0.717, 1.165) is 6.42 Å². The summed E-state index contributed by atoms with van der Waals surface area (Å²) < 4.78 is 5.19. The van der Waals surface area contributed by atoms with E-state index in [1.807, 2.05) is 0 Å². The zero-order valence-electron chi connectivity index (χ0n) is 15.2. The highest BCUT2D eigenvalue weighted by Crippen LogP contribution is 2.15. The first-order chi connectivity index (χ1) is 10.3. The van der Waals surface area contributed by atoms with E-state index >= 15 is 0 Å². The second kappa shape index (κ2) is 18.0. The van der Waals surface area contributed by atoms with E-state index in [-0.39, 0.29) is 0 Å². The van der Waals surface area contributed by atoms with Gasteiger partial charge in [0.05, 0.1) is 6.10 Å². The first-order valence-electron chi connectivity index (χ1n) is 9.67. The highest BCUT2D eigenvalue weighted by Gasteiger charge is 1.99.